The maximum absolute atomic E-state index is 9.21. The number of allylic oxidation sites excluding steroid dienone is 1. The molecule has 0 aromatic carbocycles. The van der Waals surface area contributed by atoms with Crippen molar-refractivity contribution in [3.63, 3.8) is 0 Å². The lowest BCUT2D eigenvalue weighted by Crippen LogP contribution is -2.51. The van der Waals surface area contributed by atoms with Gasteiger partial charge in [-0.05, 0) is 58.1 Å². The standard InChI is InChI=1S/C22H30N6.C5H11N.C2H6/c1-6-21-24-20-15-27(17(5)16(3)4)11-9-19(20)22(25-21)28-13-12-26(7-2)18(14-28)8-10-23;1-6-4-2-3-5-6;1-2/h7,18H,2-3,5-6,8-9,11-15H2,1,4H3;2-5H2,1H3;1-2H3. The smallest absolute Gasteiger partial charge is 0.136 e. The second-order valence-corrected chi connectivity index (χ2v) is 9.53. The number of hydrogen-bond donors (Lipinski definition) is 0. The summed E-state index contributed by atoms with van der Waals surface area (Å²) in [6.07, 6.45) is 6.87. The van der Waals surface area contributed by atoms with Crippen LogP contribution in [0.15, 0.2) is 37.2 Å². The van der Waals surface area contributed by atoms with E-state index in [1.807, 2.05) is 27.0 Å². The molecule has 2 saturated heterocycles. The van der Waals surface area contributed by atoms with Gasteiger partial charge in [0.1, 0.15) is 11.6 Å². The van der Waals surface area contributed by atoms with Gasteiger partial charge in [0, 0.05) is 43.9 Å². The Morgan fingerprint density at radius 3 is 2.33 bits per heavy atom. The molecule has 1 unspecified atom stereocenters. The lowest BCUT2D eigenvalue weighted by atomic mass is 10.0. The van der Waals surface area contributed by atoms with Gasteiger partial charge in [0.15, 0.2) is 0 Å². The summed E-state index contributed by atoms with van der Waals surface area (Å²) >= 11 is 0. The monoisotopic (exact) mass is 493 g/mol. The SMILES string of the molecule is C=CN1CCN(c2nc(CC)nc3c2CCN(C(=C)C(=C)C)C3)CC1CC#N.CC.CN1CCCC1. The number of aromatic nitrogens is 2. The molecule has 36 heavy (non-hydrogen) atoms. The molecule has 1 aromatic heterocycles. The van der Waals surface area contributed by atoms with E-state index in [9.17, 15) is 5.26 Å². The summed E-state index contributed by atoms with van der Waals surface area (Å²) < 4.78 is 0. The quantitative estimate of drug-likeness (QED) is 0.529. The van der Waals surface area contributed by atoms with Crippen molar-refractivity contribution in [2.75, 3.05) is 51.2 Å². The molecule has 0 aliphatic carbocycles. The molecule has 2 fully saturated rings. The molecule has 1 aromatic rings. The molecule has 198 valence electrons. The summed E-state index contributed by atoms with van der Waals surface area (Å²) in [5.74, 6) is 1.92. The van der Waals surface area contributed by atoms with Crippen LogP contribution in [-0.2, 0) is 19.4 Å². The van der Waals surface area contributed by atoms with E-state index in [-0.39, 0.29) is 6.04 Å². The van der Waals surface area contributed by atoms with Crippen LogP contribution in [0.25, 0.3) is 0 Å². The summed E-state index contributed by atoms with van der Waals surface area (Å²) in [5.41, 5.74) is 4.31. The molecule has 7 nitrogen and oxygen atoms in total. The molecule has 3 aliphatic rings. The first-order chi connectivity index (χ1) is 17.4. The summed E-state index contributed by atoms with van der Waals surface area (Å²) in [5, 5.41) is 9.21. The third kappa shape index (κ3) is 7.57. The van der Waals surface area contributed by atoms with Crippen molar-refractivity contribution >= 4 is 5.82 Å². The van der Waals surface area contributed by atoms with E-state index in [2.05, 4.69) is 59.4 Å². The number of anilines is 1. The molecule has 0 N–H and O–H groups in total. The van der Waals surface area contributed by atoms with Gasteiger partial charge in [0.05, 0.1) is 30.8 Å². The first-order valence-electron chi connectivity index (χ1n) is 13.5. The normalized spacial score (nSPS) is 19.2. The summed E-state index contributed by atoms with van der Waals surface area (Å²) in [7, 11) is 2.17. The van der Waals surface area contributed by atoms with E-state index in [0.717, 1.165) is 74.2 Å². The Kier molecular flexibility index (Phi) is 12.0. The minimum absolute atomic E-state index is 0.148. The van der Waals surface area contributed by atoms with Gasteiger partial charge in [-0.3, -0.25) is 0 Å². The zero-order chi connectivity index (χ0) is 26.7. The molecule has 0 saturated carbocycles. The molecule has 0 spiro atoms. The van der Waals surface area contributed by atoms with Gasteiger partial charge in [0.2, 0.25) is 0 Å². The van der Waals surface area contributed by atoms with Gasteiger partial charge in [-0.1, -0.05) is 40.5 Å². The van der Waals surface area contributed by atoms with Gasteiger partial charge >= 0.3 is 0 Å². The van der Waals surface area contributed by atoms with Crippen LogP contribution in [0.2, 0.25) is 0 Å². The van der Waals surface area contributed by atoms with E-state index in [1.54, 1.807) is 0 Å². The van der Waals surface area contributed by atoms with Crippen LogP contribution < -0.4 is 4.90 Å². The van der Waals surface area contributed by atoms with Crippen LogP contribution in [0.1, 0.15) is 64.0 Å². The molecule has 3 aliphatic heterocycles. The Balaban J connectivity index is 0.000000491. The number of nitrogens with zero attached hydrogens (tertiary/aromatic N) is 7. The average molecular weight is 494 g/mol. The maximum Gasteiger partial charge on any atom is 0.136 e. The Morgan fingerprint density at radius 1 is 1.11 bits per heavy atom. The van der Waals surface area contributed by atoms with Gasteiger partial charge in [-0.2, -0.15) is 5.26 Å². The van der Waals surface area contributed by atoms with Crippen molar-refractivity contribution in [1.29, 1.82) is 5.26 Å². The van der Waals surface area contributed by atoms with E-state index in [0.29, 0.717) is 6.42 Å². The molecule has 0 amide bonds. The van der Waals surface area contributed by atoms with E-state index >= 15 is 0 Å². The van der Waals surface area contributed by atoms with Crippen LogP contribution in [0, 0.1) is 11.3 Å². The van der Waals surface area contributed by atoms with Gasteiger partial charge in [-0.25, -0.2) is 9.97 Å². The van der Waals surface area contributed by atoms with Crippen LogP contribution in [0.3, 0.4) is 0 Å². The third-order valence-corrected chi connectivity index (χ3v) is 7.00. The zero-order valence-electron chi connectivity index (χ0n) is 23.4. The van der Waals surface area contributed by atoms with Crippen LogP contribution in [-0.4, -0.2) is 77.0 Å². The minimum atomic E-state index is 0.148. The lowest BCUT2D eigenvalue weighted by Gasteiger charge is -2.42. The molecule has 7 heteroatoms. The highest BCUT2D eigenvalue weighted by atomic mass is 15.3. The molecule has 4 heterocycles. The van der Waals surface area contributed by atoms with E-state index in [4.69, 9.17) is 9.97 Å². The number of nitriles is 1. The highest BCUT2D eigenvalue weighted by molar-refractivity contribution is 5.51. The fourth-order valence-electron chi connectivity index (χ4n) is 4.84. The van der Waals surface area contributed by atoms with Crippen LogP contribution >= 0.6 is 0 Å². The van der Waals surface area contributed by atoms with Crippen molar-refractivity contribution in [3.05, 3.63) is 54.3 Å². The molecule has 1 atom stereocenters. The summed E-state index contributed by atoms with van der Waals surface area (Å²) in [6.45, 7) is 27.0. The Bertz CT molecular complexity index is 926. The fourth-order valence-corrected chi connectivity index (χ4v) is 4.84. The second kappa shape index (κ2) is 14.6. The van der Waals surface area contributed by atoms with E-state index < -0.39 is 0 Å². The first kappa shape index (κ1) is 29.4. The van der Waals surface area contributed by atoms with Crippen LogP contribution in [0.5, 0.6) is 0 Å². The van der Waals surface area contributed by atoms with Crippen LogP contribution in [0.4, 0.5) is 5.82 Å². The number of aryl methyl sites for hydroxylation is 1. The van der Waals surface area contributed by atoms with Crippen molar-refractivity contribution in [1.82, 2.24) is 24.7 Å². The lowest BCUT2D eigenvalue weighted by molar-refractivity contribution is 0.251. The zero-order valence-corrected chi connectivity index (χ0v) is 23.4. The van der Waals surface area contributed by atoms with Crippen molar-refractivity contribution in [2.45, 2.75) is 72.4 Å². The van der Waals surface area contributed by atoms with E-state index in [1.165, 1.54) is 31.5 Å². The predicted molar refractivity (Wildman–Crippen MR) is 151 cm³/mol. The number of likely N-dealkylation sites (tertiary alicyclic amines) is 1. The minimum Gasteiger partial charge on any atom is -0.370 e. The average Bonchev–Trinajstić information content (AvgIpc) is 3.39. The van der Waals surface area contributed by atoms with Gasteiger partial charge in [-0.15, -0.1) is 0 Å². The Labute approximate surface area is 219 Å². The maximum atomic E-state index is 9.21. The van der Waals surface area contributed by atoms with Gasteiger partial charge < -0.3 is 19.6 Å². The summed E-state index contributed by atoms with van der Waals surface area (Å²) in [4.78, 5) is 18.9. The van der Waals surface area contributed by atoms with Crippen molar-refractivity contribution < 1.29 is 0 Å². The largest absolute Gasteiger partial charge is 0.370 e. The number of rotatable bonds is 6. The summed E-state index contributed by atoms with van der Waals surface area (Å²) in [6, 6.07) is 2.46. The third-order valence-electron chi connectivity index (χ3n) is 7.00. The number of fused-ring (bicyclic) bond motifs is 1. The highest BCUT2D eigenvalue weighted by Crippen LogP contribution is 2.30. The molecular weight excluding hydrogens is 446 g/mol. The topological polar surface area (TPSA) is 62.5 Å². The van der Waals surface area contributed by atoms with Gasteiger partial charge in [0.25, 0.3) is 0 Å². The van der Waals surface area contributed by atoms with Crippen molar-refractivity contribution in [2.24, 2.45) is 0 Å². The number of hydrogen-bond acceptors (Lipinski definition) is 7. The molecule has 4 rings (SSSR count). The first-order valence-corrected chi connectivity index (χ1v) is 13.5. The number of piperazine rings is 1. The second-order valence-electron chi connectivity index (χ2n) is 9.53. The highest BCUT2D eigenvalue weighted by Gasteiger charge is 2.30. The molecule has 0 radical (unpaired) electrons. The predicted octanol–water partition coefficient (Wildman–Crippen LogP) is 4.77. The Hall–Kier alpha value is -2.85. The molecular formula is C29H47N7. The fraction of sp³-hybridized carbons (Fsp3) is 0.621. The Morgan fingerprint density at radius 2 is 1.81 bits per heavy atom. The van der Waals surface area contributed by atoms with Crippen molar-refractivity contribution in [3.8, 4) is 6.07 Å². The molecule has 0 bridgehead atoms.